The molecule has 1 fully saturated rings. The van der Waals surface area contributed by atoms with Gasteiger partial charge in [0.05, 0.1) is 23.0 Å². The highest BCUT2D eigenvalue weighted by Gasteiger charge is 2.38. The molecule has 5 nitrogen and oxygen atoms in total. The highest BCUT2D eigenvalue weighted by Crippen LogP contribution is 2.33. The fourth-order valence-electron chi connectivity index (χ4n) is 3.36. The summed E-state index contributed by atoms with van der Waals surface area (Å²) in [6, 6.07) is 24.4. The van der Waals surface area contributed by atoms with Crippen molar-refractivity contribution in [2.24, 2.45) is 4.99 Å². The summed E-state index contributed by atoms with van der Waals surface area (Å²) in [6.07, 6.45) is 0.631. The average molecular weight is 431 g/mol. The first kappa shape index (κ1) is 20.9. The highest BCUT2D eigenvalue weighted by atomic mass is 32.2. The maximum absolute atomic E-state index is 13.3. The zero-order valence-electron chi connectivity index (χ0n) is 17.1. The normalized spacial score (nSPS) is 17.3. The molecule has 1 amide bonds. The number of benzene rings is 3. The number of amides is 1. The third kappa shape index (κ3) is 5.03. The summed E-state index contributed by atoms with van der Waals surface area (Å²) in [6.45, 7) is 2.49. The van der Waals surface area contributed by atoms with Crippen molar-refractivity contribution in [1.82, 2.24) is 4.90 Å². The van der Waals surface area contributed by atoms with E-state index < -0.39 is 5.97 Å². The number of thioether (sulfide) groups is 1. The molecule has 3 aromatic carbocycles. The molecule has 0 bridgehead atoms. The molecule has 1 heterocycles. The van der Waals surface area contributed by atoms with E-state index in [-0.39, 0.29) is 16.7 Å². The van der Waals surface area contributed by atoms with Gasteiger partial charge in [0, 0.05) is 0 Å². The summed E-state index contributed by atoms with van der Waals surface area (Å²) in [4.78, 5) is 30.8. The average Bonchev–Trinajstić information content (AvgIpc) is 3.05. The Morgan fingerprint density at radius 1 is 0.968 bits per heavy atom. The maximum atomic E-state index is 13.3. The topological polar surface area (TPSA) is 70.0 Å². The minimum absolute atomic E-state index is 0.0373. The van der Waals surface area contributed by atoms with Crippen molar-refractivity contribution in [1.29, 1.82) is 0 Å². The van der Waals surface area contributed by atoms with Gasteiger partial charge < -0.3 is 5.11 Å². The number of aromatic carboxylic acids is 1. The molecule has 1 aliphatic rings. The molecule has 0 aromatic heterocycles. The lowest BCUT2D eigenvalue weighted by molar-refractivity contribution is -0.126. The Labute approximate surface area is 185 Å². The lowest BCUT2D eigenvalue weighted by Gasteiger charge is -2.16. The molecule has 0 radical (unpaired) electrons. The number of carbonyl (C=O) groups excluding carboxylic acids is 1. The van der Waals surface area contributed by atoms with Gasteiger partial charge in [-0.05, 0) is 48.7 Å². The fourth-order valence-corrected chi connectivity index (χ4v) is 4.56. The van der Waals surface area contributed by atoms with Crippen LogP contribution in [0.25, 0.3) is 0 Å². The third-order valence-corrected chi connectivity index (χ3v) is 6.26. The van der Waals surface area contributed by atoms with Crippen molar-refractivity contribution in [2.45, 2.75) is 25.1 Å². The quantitative estimate of drug-likeness (QED) is 0.593. The first-order valence-corrected chi connectivity index (χ1v) is 10.9. The van der Waals surface area contributed by atoms with E-state index in [1.807, 2.05) is 37.3 Å². The van der Waals surface area contributed by atoms with Crippen molar-refractivity contribution >= 4 is 34.5 Å². The largest absolute Gasteiger partial charge is 0.478 e. The number of carbonyl (C=O) groups is 2. The Hall–Kier alpha value is -3.38. The van der Waals surface area contributed by atoms with E-state index in [4.69, 9.17) is 5.11 Å². The van der Waals surface area contributed by atoms with E-state index in [0.717, 1.165) is 11.1 Å². The standard InChI is InChI=1S/C25H22N2O3S/c1-17-7-9-18(10-8-17)15-22-23(28)27(16-19-5-3-2-4-6-19)25(31-22)26-21-13-11-20(12-14-21)24(29)30/h2-14,22H,15-16H2,1H3,(H,29,30). The van der Waals surface area contributed by atoms with Crippen LogP contribution in [0, 0.1) is 6.92 Å². The van der Waals surface area contributed by atoms with Crippen LogP contribution < -0.4 is 0 Å². The van der Waals surface area contributed by atoms with Crippen LogP contribution in [-0.2, 0) is 17.8 Å². The second-order valence-electron chi connectivity index (χ2n) is 7.45. The first-order chi connectivity index (χ1) is 15.0. The van der Waals surface area contributed by atoms with Gasteiger partial charge in [-0.15, -0.1) is 0 Å². The SMILES string of the molecule is Cc1ccc(CC2SC(=Nc3ccc(C(=O)O)cc3)N(Cc3ccccc3)C2=O)cc1. The number of rotatable bonds is 6. The molecule has 0 saturated carbocycles. The van der Waals surface area contributed by atoms with Gasteiger partial charge in [0.2, 0.25) is 5.91 Å². The summed E-state index contributed by atoms with van der Waals surface area (Å²) in [5, 5.41) is 9.49. The van der Waals surface area contributed by atoms with E-state index in [9.17, 15) is 9.59 Å². The zero-order chi connectivity index (χ0) is 21.8. The lowest BCUT2D eigenvalue weighted by atomic mass is 10.1. The minimum atomic E-state index is -0.978. The number of hydrogen-bond donors (Lipinski definition) is 1. The van der Waals surface area contributed by atoms with Gasteiger partial charge in [0.25, 0.3) is 0 Å². The smallest absolute Gasteiger partial charge is 0.335 e. The second kappa shape index (κ2) is 9.18. The molecule has 31 heavy (non-hydrogen) atoms. The second-order valence-corrected chi connectivity index (χ2v) is 8.62. The van der Waals surface area contributed by atoms with Crippen molar-refractivity contribution in [3.05, 3.63) is 101 Å². The number of hydrogen-bond acceptors (Lipinski definition) is 4. The molecular weight excluding hydrogens is 408 g/mol. The molecule has 1 N–H and O–H groups in total. The maximum Gasteiger partial charge on any atom is 0.335 e. The summed E-state index contributed by atoms with van der Waals surface area (Å²) in [5.41, 5.74) is 4.16. The number of aliphatic imine (C=N–C) groups is 1. The van der Waals surface area contributed by atoms with Crippen LogP contribution in [0.1, 0.15) is 27.0 Å². The van der Waals surface area contributed by atoms with E-state index in [1.54, 1.807) is 17.0 Å². The van der Waals surface area contributed by atoms with E-state index in [0.29, 0.717) is 23.8 Å². The molecule has 1 aliphatic heterocycles. The number of amidine groups is 1. The first-order valence-electron chi connectivity index (χ1n) is 9.99. The molecule has 0 spiro atoms. The van der Waals surface area contributed by atoms with Crippen molar-refractivity contribution in [3.63, 3.8) is 0 Å². The Bertz CT molecular complexity index is 1110. The summed E-state index contributed by atoms with van der Waals surface area (Å²) < 4.78 is 0. The molecule has 156 valence electrons. The number of nitrogens with zero attached hydrogens (tertiary/aromatic N) is 2. The molecule has 6 heteroatoms. The van der Waals surface area contributed by atoms with Gasteiger partial charge in [-0.3, -0.25) is 9.69 Å². The minimum Gasteiger partial charge on any atom is -0.478 e. The Morgan fingerprint density at radius 2 is 1.65 bits per heavy atom. The fraction of sp³-hybridized carbons (Fsp3) is 0.160. The zero-order valence-corrected chi connectivity index (χ0v) is 17.9. The number of aryl methyl sites for hydroxylation is 1. The van der Waals surface area contributed by atoms with Crippen LogP contribution >= 0.6 is 11.8 Å². The molecular formula is C25H22N2O3S. The molecule has 1 atom stereocenters. The molecule has 1 saturated heterocycles. The Kier molecular flexibility index (Phi) is 6.18. The lowest BCUT2D eigenvalue weighted by Crippen LogP contribution is -2.32. The predicted octanol–water partition coefficient (Wildman–Crippen LogP) is 5.07. The predicted molar refractivity (Wildman–Crippen MR) is 124 cm³/mol. The Morgan fingerprint density at radius 3 is 2.29 bits per heavy atom. The summed E-state index contributed by atoms with van der Waals surface area (Å²) >= 11 is 1.46. The van der Waals surface area contributed by atoms with Crippen molar-refractivity contribution in [2.75, 3.05) is 0 Å². The van der Waals surface area contributed by atoms with Gasteiger partial charge in [-0.25, -0.2) is 9.79 Å². The van der Waals surface area contributed by atoms with Gasteiger partial charge in [0.1, 0.15) is 0 Å². The van der Waals surface area contributed by atoms with Crippen LogP contribution in [0.3, 0.4) is 0 Å². The van der Waals surface area contributed by atoms with E-state index in [2.05, 4.69) is 29.3 Å². The monoisotopic (exact) mass is 430 g/mol. The van der Waals surface area contributed by atoms with Crippen LogP contribution in [0.2, 0.25) is 0 Å². The van der Waals surface area contributed by atoms with Crippen molar-refractivity contribution in [3.8, 4) is 0 Å². The van der Waals surface area contributed by atoms with E-state index >= 15 is 0 Å². The number of carboxylic acids is 1. The molecule has 1 unspecified atom stereocenters. The van der Waals surface area contributed by atoms with E-state index in [1.165, 1.54) is 29.5 Å². The van der Waals surface area contributed by atoms with Gasteiger partial charge >= 0.3 is 5.97 Å². The highest BCUT2D eigenvalue weighted by molar-refractivity contribution is 8.15. The Balaban J connectivity index is 1.61. The number of carboxylic acid groups (broad SMARTS) is 1. The van der Waals surface area contributed by atoms with Crippen LogP contribution in [0.4, 0.5) is 5.69 Å². The van der Waals surface area contributed by atoms with Crippen molar-refractivity contribution < 1.29 is 14.7 Å². The van der Waals surface area contributed by atoms with Crippen LogP contribution in [-0.4, -0.2) is 32.3 Å². The van der Waals surface area contributed by atoms with Crippen LogP contribution in [0.15, 0.2) is 83.9 Å². The molecule has 4 rings (SSSR count). The van der Waals surface area contributed by atoms with Gasteiger partial charge in [0.15, 0.2) is 5.17 Å². The molecule has 3 aromatic rings. The van der Waals surface area contributed by atoms with Gasteiger partial charge in [-0.2, -0.15) is 0 Å². The third-order valence-electron chi connectivity index (χ3n) is 5.08. The van der Waals surface area contributed by atoms with Crippen LogP contribution in [0.5, 0.6) is 0 Å². The van der Waals surface area contributed by atoms with Gasteiger partial charge in [-0.1, -0.05) is 71.9 Å². The summed E-state index contributed by atoms with van der Waals surface area (Å²) in [5.74, 6) is -0.941. The molecule has 0 aliphatic carbocycles. The summed E-state index contributed by atoms with van der Waals surface area (Å²) in [7, 11) is 0.